The lowest BCUT2D eigenvalue weighted by Crippen LogP contribution is -2.06. The SMILES string of the molecule is COc1cccc(-c2ccccc2NC(C)=O)c1. The van der Waals surface area contributed by atoms with Crippen molar-refractivity contribution >= 4 is 11.6 Å². The van der Waals surface area contributed by atoms with Gasteiger partial charge in [0.05, 0.1) is 7.11 Å². The summed E-state index contributed by atoms with van der Waals surface area (Å²) in [6, 6.07) is 15.5. The lowest BCUT2D eigenvalue weighted by molar-refractivity contribution is -0.114. The number of anilines is 1. The van der Waals surface area contributed by atoms with Crippen LogP contribution >= 0.6 is 0 Å². The summed E-state index contributed by atoms with van der Waals surface area (Å²) in [6.45, 7) is 1.50. The summed E-state index contributed by atoms with van der Waals surface area (Å²) in [5.74, 6) is 0.718. The second-order valence-corrected chi connectivity index (χ2v) is 3.96. The Balaban J connectivity index is 2.45. The molecular weight excluding hydrogens is 226 g/mol. The third kappa shape index (κ3) is 2.69. The first kappa shape index (κ1) is 12.2. The summed E-state index contributed by atoms with van der Waals surface area (Å²) < 4.78 is 5.21. The fraction of sp³-hybridized carbons (Fsp3) is 0.133. The number of methoxy groups -OCH3 is 1. The van der Waals surface area contributed by atoms with Crippen LogP contribution in [-0.2, 0) is 4.79 Å². The number of carbonyl (C=O) groups is 1. The zero-order valence-electron chi connectivity index (χ0n) is 10.4. The molecule has 2 aromatic rings. The molecule has 0 heterocycles. The van der Waals surface area contributed by atoms with Crippen LogP contribution in [0.4, 0.5) is 5.69 Å². The molecule has 2 aromatic carbocycles. The molecule has 0 saturated heterocycles. The van der Waals surface area contributed by atoms with E-state index in [2.05, 4.69) is 5.32 Å². The van der Waals surface area contributed by atoms with Gasteiger partial charge in [-0.1, -0.05) is 30.3 Å². The van der Waals surface area contributed by atoms with Crippen LogP contribution in [0.3, 0.4) is 0 Å². The highest BCUT2D eigenvalue weighted by Crippen LogP contribution is 2.30. The van der Waals surface area contributed by atoms with Crippen molar-refractivity contribution in [2.75, 3.05) is 12.4 Å². The van der Waals surface area contributed by atoms with Crippen molar-refractivity contribution in [3.05, 3.63) is 48.5 Å². The van der Waals surface area contributed by atoms with Crippen molar-refractivity contribution < 1.29 is 9.53 Å². The molecule has 18 heavy (non-hydrogen) atoms. The van der Waals surface area contributed by atoms with Gasteiger partial charge in [-0.3, -0.25) is 4.79 Å². The summed E-state index contributed by atoms with van der Waals surface area (Å²) in [4.78, 5) is 11.2. The molecule has 0 saturated carbocycles. The van der Waals surface area contributed by atoms with Crippen LogP contribution < -0.4 is 10.1 Å². The lowest BCUT2D eigenvalue weighted by atomic mass is 10.0. The van der Waals surface area contributed by atoms with Gasteiger partial charge in [-0.2, -0.15) is 0 Å². The second kappa shape index (κ2) is 5.36. The Bertz CT molecular complexity index is 564. The molecule has 0 fully saturated rings. The third-order valence-electron chi connectivity index (χ3n) is 2.62. The second-order valence-electron chi connectivity index (χ2n) is 3.96. The zero-order chi connectivity index (χ0) is 13.0. The quantitative estimate of drug-likeness (QED) is 0.895. The number of benzene rings is 2. The van der Waals surface area contributed by atoms with Gasteiger partial charge >= 0.3 is 0 Å². The summed E-state index contributed by atoms with van der Waals surface area (Å²) in [6.07, 6.45) is 0. The summed E-state index contributed by atoms with van der Waals surface area (Å²) in [7, 11) is 1.64. The number of rotatable bonds is 3. The molecule has 0 aliphatic heterocycles. The van der Waals surface area contributed by atoms with E-state index in [-0.39, 0.29) is 5.91 Å². The Morgan fingerprint density at radius 3 is 2.61 bits per heavy atom. The predicted molar refractivity (Wildman–Crippen MR) is 72.7 cm³/mol. The molecule has 0 unspecified atom stereocenters. The summed E-state index contributed by atoms with van der Waals surface area (Å²) >= 11 is 0. The fourth-order valence-corrected chi connectivity index (χ4v) is 1.82. The van der Waals surface area contributed by atoms with Crippen LogP contribution in [0, 0.1) is 0 Å². The van der Waals surface area contributed by atoms with Gasteiger partial charge in [-0.25, -0.2) is 0 Å². The topological polar surface area (TPSA) is 38.3 Å². The van der Waals surface area contributed by atoms with E-state index in [1.807, 2.05) is 48.5 Å². The number of hydrogen-bond acceptors (Lipinski definition) is 2. The van der Waals surface area contributed by atoms with E-state index in [0.717, 1.165) is 22.6 Å². The van der Waals surface area contributed by atoms with E-state index in [9.17, 15) is 4.79 Å². The molecule has 0 aromatic heterocycles. The van der Waals surface area contributed by atoms with Gasteiger partial charge in [0.25, 0.3) is 0 Å². The number of nitrogens with one attached hydrogen (secondary N) is 1. The van der Waals surface area contributed by atoms with Crippen LogP contribution in [0.25, 0.3) is 11.1 Å². The Hall–Kier alpha value is -2.29. The average Bonchev–Trinajstić information content (AvgIpc) is 2.39. The smallest absolute Gasteiger partial charge is 0.221 e. The molecule has 2 rings (SSSR count). The molecule has 0 spiro atoms. The molecule has 0 aliphatic carbocycles. The highest BCUT2D eigenvalue weighted by atomic mass is 16.5. The van der Waals surface area contributed by atoms with Crippen molar-refractivity contribution in [3.8, 4) is 16.9 Å². The molecule has 0 aliphatic rings. The van der Waals surface area contributed by atoms with E-state index in [1.54, 1.807) is 7.11 Å². The van der Waals surface area contributed by atoms with Gasteiger partial charge in [-0.15, -0.1) is 0 Å². The Kier molecular flexibility index (Phi) is 3.63. The molecule has 92 valence electrons. The van der Waals surface area contributed by atoms with Crippen LogP contribution in [0.15, 0.2) is 48.5 Å². The van der Waals surface area contributed by atoms with E-state index >= 15 is 0 Å². The maximum atomic E-state index is 11.2. The first-order valence-corrected chi connectivity index (χ1v) is 5.72. The van der Waals surface area contributed by atoms with Crippen LogP contribution in [0.1, 0.15) is 6.92 Å². The van der Waals surface area contributed by atoms with Crippen molar-refractivity contribution in [2.45, 2.75) is 6.92 Å². The molecule has 1 N–H and O–H groups in total. The Morgan fingerprint density at radius 1 is 1.11 bits per heavy atom. The number of hydrogen-bond donors (Lipinski definition) is 1. The largest absolute Gasteiger partial charge is 0.497 e. The predicted octanol–water partition coefficient (Wildman–Crippen LogP) is 3.32. The number of ether oxygens (including phenoxy) is 1. The third-order valence-corrected chi connectivity index (χ3v) is 2.62. The molecule has 0 atom stereocenters. The fourth-order valence-electron chi connectivity index (χ4n) is 1.82. The molecule has 1 amide bonds. The van der Waals surface area contributed by atoms with E-state index < -0.39 is 0 Å². The highest BCUT2D eigenvalue weighted by Gasteiger charge is 2.06. The minimum absolute atomic E-state index is 0.0784. The van der Waals surface area contributed by atoms with Gasteiger partial charge in [0.15, 0.2) is 0 Å². The molecular formula is C15H15NO2. The van der Waals surface area contributed by atoms with Crippen LogP contribution in [0.5, 0.6) is 5.75 Å². The van der Waals surface area contributed by atoms with Crippen molar-refractivity contribution in [2.24, 2.45) is 0 Å². The van der Waals surface area contributed by atoms with E-state index in [4.69, 9.17) is 4.74 Å². The first-order valence-electron chi connectivity index (χ1n) is 5.72. The standard InChI is InChI=1S/C15H15NO2/c1-11(17)16-15-9-4-3-8-14(15)12-6-5-7-13(10-12)18-2/h3-10H,1-2H3,(H,16,17). The number of para-hydroxylation sites is 1. The van der Waals surface area contributed by atoms with Gasteiger partial charge in [-0.05, 0) is 23.8 Å². The minimum atomic E-state index is -0.0784. The Morgan fingerprint density at radius 2 is 1.89 bits per heavy atom. The van der Waals surface area contributed by atoms with Gasteiger partial charge in [0, 0.05) is 18.2 Å². The minimum Gasteiger partial charge on any atom is -0.497 e. The molecule has 0 bridgehead atoms. The van der Waals surface area contributed by atoms with Crippen molar-refractivity contribution in [1.29, 1.82) is 0 Å². The molecule has 3 nitrogen and oxygen atoms in total. The van der Waals surface area contributed by atoms with Gasteiger partial charge < -0.3 is 10.1 Å². The number of amides is 1. The van der Waals surface area contributed by atoms with E-state index in [0.29, 0.717) is 0 Å². The average molecular weight is 241 g/mol. The highest BCUT2D eigenvalue weighted by molar-refractivity contribution is 5.94. The maximum absolute atomic E-state index is 11.2. The Labute approximate surface area is 106 Å². The summed E-state index contributed by atoms with van der Waals surface area (Å²) in [5.41, 5.74) is 2.79. The normalized spacial score (nSPS) is 9.89. The van der Waals surface area contributed by atoms with Crippen LogP contribution in [-0.4, -0.2) is 13.0 Å². The zero-order valence-corrected chi connectivity index (χ0v) is 10.4. The monoisotopic (exact) mass is 241 g/mol. The number of carbonyl (C=O) groups excluding carboxylic acids is 1. The van der Waals surface area contributed by atoms with Crippen molar-refractivity contribution in [3.63, 3.8) is 0 Å². The van der Waals surface area contributed by atoms with Crippen molar-refractivity contribution in [1.82, 2.24) is 0 Å². The van der Waals surface area contributed by atoms with Gasteiger partial charge in [0.2, 0.25) is 5.91 Å². The van der Waals surface area contributed by atoms with E-state index in [1.165, 1.54) is 6.92 Å². The first-order chi connectivity index (χ1) is 8.70. The lowest BCUT2D eigenvalue weighted by Gasteiger charge is -2.10. The van der Waals surface area contributed by atoms with Gasteiger partial charge in [0.1, 0.15) is 5.75 Å². The van der Waals surface area contributed by atoms with Crippen LogP contribution in [0.2, 0.25) is 0 Å². The maximum Gasteiger partial charge on any atom is 0.221 e. The summed E-state index contributed by atoms with van der Waals surface area (Å²) in [5, 5.41) is 2.83. The molecule has 3 heteroatoms. The molecule has 0 radical (unpaired) electrons.